The van der Waals surface area contributed by atoms with Crippen molar-refractivity contribution < 1.29 is 18.6 Å². The molecule has 5 heteroatoms. The van der Waals surface area contributed by atoms with Crippen molar-refractivity contribution in [1.82, 2.24) is 0 Å². The first-order valence-corrected chi connectivity index (χ1v) is 5.66. The molecule has 0 unspecified atom stereocenters. The number of hydrogen-bond acceptors (Lipinski definition) is 4. The number of allylic oxidation sites excluding steroid dienone is 1. The van der Waals surface area contributed by atoms with Crippen LogP contribution in [0.5, 0.6) is 0 Å². The van der Waals surface area contributed by atoms with Crippen LogP contribution in [0.4, 0.5) is 0 Å². The van der Waals surface area contributed by atoms with Crippen molar-refractivity contribution in [3.8, 4) is 0 Å². The van der Waals surface area contributed by atoms with Crippen LogP contribution in [-0.2, 0) is 18.6 Å². The maximum Gasteiger partial charge on any atom is 0.305 e. The van der Waals surface area contributed by atoms with Crippen LogP contribution < -0.4 is 0 Å². The average molecular weight is 206 g/mol. The highest BCUT2D eigenvalue weighted by molar-refractivity contribution is 6.27. The molecule has 13 heavy (non-hydrogen) atoms. The minimum Gasteiger partial charge on any atom is -0.415 e. The minimum atomic E-state index is -1.05. The molecule has 0 atom stereocenters. The van der Waals surface area contributed by atoms with Crippen molar-refractivity contribution in [2.24, 2.45) is 0 Å². The highest BCUT2D eigenvalue weighted by Gasteiger charge is 2.29. The summed E-state index contributed by atoms with van der Waals surface area (Å²) >= 11 is 0. The summed E-state index contributed by atoms with van der Waals surface area (Å²) in [7, 11) is 4.00. The molecular weight excluding hydrogens is 188 g/mol. The lowest BCUT2D eigenvalue weighted by Gasteiger charge is -2.28. The van der Waals surface area contributed by atoms with Crippen LogP contribution in [0.1, 0.15) is 0 Å². The standard InChI is InChI=1S/C8H18O4Si/c1-5-6-13-12-7-8(9-2,10-3)11-4/h5H,1,6-7,13H2,2-4H3. The van der Waals surface area contributed by atoms with Crippen LogP contribution in [0.3, 0.4) is 0 Å². The van der Waals surface area contributed by atoms with Crippen LogP contribution in [0.15, 0.2) is 12.7 Å². The first-order chi connectivity index (χ1) is 6.24. The van der Waals surface area contributed by atoms with Gasteiger partial charge in [0.05, 0.1) is 0 Å². The van der Waals surface area contributed by atoms with Gasteiger partial charge in [0.1, 0.15) is 6.61 Å². The van der Waals surface area contributed by atoms with Crippen molar-refractivity contribution in [2.75, 3.05) is 27.9 Å². The first kappa shape index (κ1) is 12.8. The molecule has 0 aromatic rings. The summed E-state index contributed by atoms with van der Waals surface area (Å²) < 4.78 is 20.5. The Labute approximate surface area is 81.8 Å². The molecule has 0 bridgehead atoms. The van der Waals surface area contributed by atoms with E-state index in [4.69, 9.17) is 18.6 Å². The van der Waals surface area contributed by atoms with E-state index in [1.165, 1.54) is 21.3 Å². The molecule has 0 amide bonds. The molecule has 0 aromatic carbocycles. The van der Waals surface area contributed by atoms with E-state index in [1.54, 1.807) is 0 Å². The van der Waals surface area contributed by atoms with E-state index in [-0.39, 0.29) is 0 Å². The Hall–Kier alpha value is -0.203. The summed E-state index contributed by atoms with van der Waals surface area (Å²) in [5.74, 6) is -1.05. The van der Waals surface area contributed by atoms with Gasteiger partial charge in [0.25, 0.3) is 0 Å². The zero-order chi connectivity index (χ0) is 10.2. The highest BCUT2D eigenvalue weighted by atomic mass is 28.2. The predicted molar refractivity (Wildman–Crippen MR) is 53.3 cm³/mol. The molecule has 0 N–H and O–H groups in total. The third-order valence-corrected chi connectivity index (χ3v) is 2.81. The summed E-state index contributed by atoms with van der Waals surface area (Å²) in [5, 5.41) is 0. The third-order valence-electron chi connectivity index (χ3n) is 1.68. The van der Waals surface area contributed by atoms with Crippen LogP contribution in [0, 0.1) is 0 Å². The first-order valence-electron chi connectivity index (χ1n) is 4.08. The fourth-order valence-electron chi connectivity index (χ4n) is 0.791. The second-order valence-electron chi connectivity index (χ2n) is 2.43. The Bertz CT molecular complexity index is 128. The van der Waals surface area contributed by atoms with Gasteiger partial charge in [0.2, 0.25) is 0 Å². The van der Waals surface area contributed by atoms with Crippen molar-refractivity contribution in [3.05, 3.63) is 12.7 Å². The topological polar surface area (TPSA) is 36.9 Å². The van der Waals surface area contributed by atoms with Gasteiger partial charge in [0, 0.05) is 21.3 Å². The van der Waals surface area contributed by atoms with Gasteiger partial charge in [-0.2, -0.15) is 0 Å². The Kier molecular flexibility index (Phi) is 7.11. The Morgan fingerprint density at radius 1 is 1.23 bits per heavy atom. The molecule has 0 saturated carbocycles. The van der Waals surface area contributed by atoms with Gasteiger partial charge in [-0.1, -0.05) is 6.08 Å². The lowest BCUT2D eigenvalue weighted by atomic mass is 10.6. The summed E-state index contributed by atoms with van der Waals surface area (Å²) in [6, 6.07) is 0.938. The van der Waals surface area contributed by atoms with Gasteiger partial charge in [-0.05, 0) is 6.04 Å². The summed E-state index contributed by atoms with van der Waals surface area (Å²) in [6.45, 7) is 3.92. The summed E-state index contributed by atoms with van der Waals surface area (Å²) in [6.07, 6.45) is 1.85. The van der Waals surface area contributed by atoms with E-state index in [0.29, 0.717) is 6.61 Å². The van der Waals surface area contributed by atoms with Crippen molar-refractivity contribution >= 4 is 9.76 Å². The SMILES string of the molecule is C=CC[SiH2]OCC(OC)(OC)OC. The van der Waals surface area contributed by atoms with Gasteiger partial charge in [-0.3, -0.25) is 0 Å². The molecule has 0 fully saturated rings. The van der Waals surface area contributed by atoms with Crippen molar-refractivity contribution in [2.45, 2.75) is 12.0 Å². The van der Waals surface area contributed by atoms with Crippen LogP contribution >= 0.6 is 0 Å². The fraction of sp³-hybridized carbons (Fsp3) is 0.750. The molecule has 0 aliphatic rings. The maximum atomic E-state index is 5.40. The summed E-state index contributed by atoms with van der Waals surface area (Å²) in [4.78, 5) is 0. The van der Waals surface area contributed by atoms with Crippen molar-refractivity contribution in [1.29, 1.82) is 0 Å². The second-order valence-corrected chi connectivity index (χ2v) is 3.82. The Morgan fingerprint density at radius 2 is 1.77 bits per heavy atom. The molecule has 78 valence electrons. The van der Waals surface area contributed by atoms with Crippen LogP contribution in [-0.4, -0.2) is 43.7 Å². The largest absolute Gasteiger partial charge is 0.415 e. The molecule has 0 aliphatic carbocycles. The lowest BCUT2D eigenvalue weighted by Crippen LogP contribution is -2.41. The molecule has 0 rings (SSSR count). The zero-order valence-electron chi connectivity index (χ0n) is 8.54. The van der Waals surface area contributed by atoms with Crippen LogP contribution in [0.2, 0.25) is 6.04 Å². The predicted octanol–water partition coefficient (Wildman–Crippen LogP) is 0.284. The third kappa shape index (κ3) is 4.54. The molecule has 4 nitrogen and oxygen atoms in total. The van der Waals surface area contributed by atoms with Gasteiger partial charge in [0.15, 0.2) is 9.76 Å². The maximum absolute atomic E-state index is 5.40. The number of rotatable bonds is 8. The fourth-order valence-corrected chi connectivity index (χ4v) is 1.52. The van der Waals surface area contributed by atoms with Gasteiger partial charge < -0.3 is 18.6 Å². The number of hydrogen-bond donors (Lipinski definition) is 0. The minimum absolute atomic E-state index is 0.302. The van der Waals surface area contributed by atoms with E-state index >= 15 is 0 Å². The Balaban J connectivity index is 3.74. The molecule has 0 heterocycles. The van der Waals surface area contributed by atoms with Gasteiger partial charge in [-0.25, -0.2) is 0 Å². The molecule has 0 saturated heterocycles. The molecule has 0 aliphatic heterocycles. The Morgan fingerprint density at radius 3 is 2.15 bits per heavy atom. The number of ether oxygens (including phenoxy) is 3. The van der Waals surface area contributed by atoms with Crippen LogP contribution in [0.25, 0.3) is 0 Å². The van der Waals surface area contributed by atoms with E-state index in [2.05, 4.69) is 6.58 Å². The number of methoxy groups -OCH3 is 3. The van der Waals surface area contributed by atoms with Gasteiger partial charge >= 0.3 is 5.97 Å². The van der Waals surface area contributed by atoms with E-state index in [0.717, 1.165) is 6.04 Å². The van der Waals surface area contributed by atoms with E-state index in [9.17, 15) is 0 Å². The van der Waals surface area contributed by atoms with E-state index in [1.807, 2.05) is 6.08 Å². The highest BCUT2D eigenvalue weighted by Crippen LogP contribution is 2.11. The lowest BCUT2D eigenvalue weighted by molar-refractivity contribution is -0.361. The normalized spacial score (nSPS) is 12.5. The monoisotopic (exact) mass is 206 g/mol. The quantitative estimate of drug-likeness (QED) is 0.247. The van der Waals surface area contributed by atoms with Gasteiger partial charge in [-0.15, -0.1) is 6.58 Å². The molecule has 0 aromatic heterocycles. The smallest absolute Gasteiger partial charge is 0.305 e. The van der Waals surface area contributed by atoms with E-state index < -0.39 is 15.7 Å². The molecule has 0 spiro atoms. The second kappa shape index (κ2) is 7.22. The molecule has 0 radical (unpaired) electrons. The average Bonchev–Trinajstić information content (AvgIpc) is 2.20. The zero-order valence-corrected chi connectivity index (χ0v) is 9.95. The van der Waals surface area contributed by atoms with Crippen molar-refractivity contribution in [3.63, 3.8) is 0 Å². The summed E-state index contributed by atoms with van der Waals surface area (Å²) in [5.41, 5.74) is 0. The molecular formula is C8H18O4Si.